The second-order valence-electron chi connectivity index (χ2n) is 6.08. The number of nitrogens with one attached hydrogen (secondary N) is 1. The molecule has 1 N–H and O–H groups in total. The Balaban J connectivity index is 1.55. The number of benzene rings is 2. The number of hydrogen-bond acceptors (Lipinski definition) is 5. The summed E-state index contributed by atoms with van der Waals surface area (Å²) in [6.45, 7) is 2.52. The standard InChI is InChI=1S/C20H17ClN6/c1-14-18(19(21)27(26-14)13-15-7-3-2-4-8-15)12-23-25-20-17-10-6-5-9-16(17)11-22-24-20/h2-12H,13H2,1H3,(H,24,25)/b23-12-. The summed E-state index contributed by atoms with van der Waals surface area (Å²) in [4.78, 5) is 0. The van der Waals surface area contributed by atoms with Gasteiger partial charge >= 0.3 is 0 Å². The summed E-state index contributed by atoms with van der Waals surface area (Å²) in [5.41, 5.74) is 5.67. The van der Waals surface area contributed by atoms with Crippen molar-refractivity contribution < 1.29 is 0 Å². The number of halogens is 1. The van der Waals surface area contributed by atoms with Gasteiger partial charge < -0.3 is 0 Å². The van der Waals surface area contributed by atoms with E-state index in [0.717, 1.165) is 27.6 Å². The molecule has 0 aliphatic rings. The minimum Gasteiger partial charge on any atom is -0.259 e. The van der Waals surface area contributed by atoms with E-state index >= 15 is 0 Å². The first kappa shape index (κ1) is 17.2. The fourth-order valence-electron chi connectivity index (χ4n) is 2.84. The molecule has 4 aromatic rings. The molecular weight excluding hydrogens is 360 g/mol. The lowest BCUT2D eigenvalue weighted by Crippen LogP contribution is -2.02. The van der Waals surface area contributed by atoms with Gasteiger partial charge in [-0.2, -0.15) is 15.3 Å². The van der Waals surface area contributed by atoms with Crippen LogP contribution in [0.4, 0.5) is 5.82 Å². The predicted octanol–water partition coefficient (Wildman–Crippen LogP) is 4.28. The maximum atomic E-state index is 6.51. The van der Waals surface area contributed by atoms with Gasteiger partial charge in [0.05, 0.1) is 30.2 Å². The van der Waals surface area contributed by atoms with Crippen LogP contribution in [0.1, 0.15) is 16.8 Å². The van der Waals surface area contributed by atoms with E-state index in [4.69, 9.17) is 11.6 Å². The number of rotatable bonds is 5. The van der Waals surface area contributed by atoms with Gasteiger partial charge in [-0.1, -0.05) is 66.2 Å². The number of aromatic nitrogens is 4. The highest BCUT2D eigenvalue weighted by molar-refractivity contribution is 6.32. The minimum absolute atomic E-state index is 0.547. The zero-order valence-corrected chi connectivity index (χ0v) is 15.4. The first-order valence-corrected chi connectivity index (χ1v) is 8.86. The summed E-state index contributed by atoms with van der Waals surface area (Å²) in [7, 11) is 0. The second-order valence-corrected chi connectivity index (χ2v) is 6.44. The lowest BCUT2D eigenvalue weighted by atomic mass is 10.2. The molecule has 27 heavy (non-hydrogen) atoms. The SMILES string of the molecule is Cc1nn(Cc2ccccc2)c(Cl)c1/C=N\Nc1nncc2ccccc12. The molecule has 0 unspecified atom stereocenters. The summed E-state index contributed by atoms with van der Waals surface area (Å²) in [6.07, 6.45) is 3.38. The Morgan fingerprint density at radius 1 is 1.11 bits per heavy atom. The molecule has 4 rings (SSSR count). The van der Waals surface area contributed by atoms with E-state index in [0.29, 0.717) is 17.5 Å². The van der Waals surface area contributed by atoms with Crippen LogP contribution >= 0.6 is 11.6 Å². The average Bonchev–Trinajstić information content (AvgIpc) is 2.96. The van der Waals surface area contributed by atoms with Gasteiger partial charge in [0, 0.05) is 10.8 Å². The van der Waals surface area contributed by atoms with Gasteiger partial charge in [0.25, 0.3) is 0 Å². The predicted molar refractivity (Wildman–Crippen MR) is 108 cm³/mol. The second kappa shape index (κ2) is 7.55. The molecule has 0 saturated carbocycles. The Labute approximate surface area is 161 Å². The Morgan fingerprint density at radius 2 is 1.89 bits per heavy atom. The molecule has 0 aliphatic carbocycles. The highest BCUT2D eigenvalue weighted by Crippen LogP contribution is 2.21. The van der Waals surface area contributed by atoms with Crippen LogP contribution in [-0.4, -0.2) is 26.2 Å². The first-order chi connectivity index (χ1) is 13.2. The molecule has 0 bridgehead atoms. The number of anilines is 1. The van der Waals surface area contributed by atoms with Crippen LogP contribution in [0.5, 0.6) is 0 Å². The first-order valence-electron chi connectivity index (χ1n) is 8.48. The number of hydrogen-bond donors (Lipinski definition) is 1. The van der Waals surface area contributed by atoms with Crippen LogP contribution in [-0.2, 0) is 6.54 Å². The lowest BCUT2D eigenvalue weighted by molar-refractivity contribution is 0.680. The van der Waals surface area contributed by atoms with Gasteiger partial charge in [0.15, 0.2) is 5.82 Å². The Hall–Kier alpha value is -3.25. The zero-order valence-electron chi connectivity index (χ0n) is 14.7. The van der Waals surface area contributed by atoms with E-state index in [1.165, 1.54) is 0 Å². The molecular formula is C20H17ClN6. The van der Waals surface area contributed by atoms with E-state index < -0.39 is 0 Å². The van der Waals surface area contributed by atoms with Gasteiger partial charge in [-0.15, -0.1) is 5.10 Å². The van der Waals surface area contributed by atoms with Crippen molar-refractivity contribution >= 4 is 34.4 Å². The van der Waals surface area contributed by atoms with E-state index in [9.17, 15) is 0 Å². The topological polar surface area (TPSA) is 68.0 Å². The van der Waals surface area contributed by atoms with Crippen molar-refractivity contribution in [3.05, 3.63) is 82.8 Å². The smallest absolute Gasteiger partial charge is 0.176 e. The van der Waals surface area contributed by atoms with E-state index in [2.05, 4.69) is 25.8 Å². The molecule has 2 aromatic heterocycles. The fourth-order valence-corrected chi connectivity index (χ4v) is 3.13. The van der Waals surface area contributed by atoms with Crippen molar-refractivity contribution in [3.8, 4) is 0 Å². The minimum atomic E-state index is 0.547. The zero-order chi connectivity index (χ0) is 18.6. The normalized spacial score (nSPS) is 11.3. The summed E-state index contributed by atoms with van der Waals surface area (Å²) in [5, 5.41) is 19.4. The molecule has 0 radical (unpaired) electrons. The Bertz CT molecular complexity index is 1100. The van der Waals surface area contributed by atoms with E-state index in [-0.39, 0.29) is 0 Å². The van der Waals surface area contributed by atoms with Gasteiger partial charge in [0.1, 0.15) is 5.15 Å². The third-order valence-corrected chi connectivity index (χ3v) is 4.62. The third kappa shape index (κ3) is 3.66. The molecule has 0 fully saturated rings. The van der Waals surface area contributed by atoms with Crippen molar-refractivity contribution in [2.45, 2.75) is 13.5 Å². The molecule has 2 heterocycles. The Kier molecular flexibility index (Phi) is 4.80. The molecule has 6 nitrogen and oxygen atoms in total. The molecule has 0 spiro atoms. The maximum absolute atomic E-state index is 6.51. The van der Waals surface area contributed by atoms with Gasteiger partial charge in [-0.25, -0.2) is 4.68 Å². The van der Waals surface area contributed by atoms with Crippen LogP contribution in [0.2, 0.25) is 5.15 Å². The van der Waals surface area contributed by atoms with Crippen LogP contribution in [0.25, 0.3) is 10.8 Å². The van der Waals surface area contributed by atoms with Crippen molar-refractivity contribution in [1.82, 2.24) is 20.0 Å². The summed E-state index contributed by atoms with van der Waals surface area (Å²) in [5.74, 6) is 0.592. The molecule has 134 valence electrons. The van der Waals surface area contributed by atoms with Crippen molar-refractivity contribution in [2.24, 2.45) is 5.10 Å². The molecule has 0 amide bonds. The lowest BCUT2D eigenvalue weighted by Gasteiger charge is -2.03. The number of fused-ring (bicyclic) bond motifs is 1. The van der Waals surface area contributed by atoms with Gasteiger partial charge in [0.2, 0.25) is 0 Å². The highest BCUT2D eigenvalue weighted by atomic mass is 35.5. The average molecular weight is 377 g/mol. The fraction of sp³-hybridized carbons (Fsp3) is 0.100. The maximum Gasteiger partial charge on any atom is 0.176 e. The molecule has 0 atom stereocenters. The van der Waals surface area contributed by atoms with Crippen LogP contribution in [0.3, 0.4) is 0 Å². The van der Waals surface area contributed by atoms with Crippen LogP contribution in [0, 0.1) is 6.92 Å². The monoisotopic (exact) mass is 376 g/mol. The van der Waals surface area contributed by atoms with Gasteiger partial charge in [-0.3, -0.25) is 5.43 Å². The quantitative estimate of drug-likeness (QED) is 0.417. The summed E-state index contributed by atoms with van der Waals surface area (Å²) < 4.78 is 1.77. The molecule has 0 saturated heterocycles. The summed E-state index contributed by atoms with van der Waals surface area (Å²) >= 11 is 6.51. The Morgan fingerprint density at radius 3 is 2.74 bits per heavy atom. The van der Waals surface area contributed by atoms with Crippen LogP contribution in [0.15, 0.2) is 65.9 Å². The van der Waals surface area contributed by atoms with Crippen molar-refractivity contribution in [3.63, 3.8) is 0 Å². The van der Waals surface area contributed by atoms with E-state index in [1.54, 1.807) is 17.1 Å². The largest absolute Gasteiger partial charge is 0.259 e. The van der Waals surface area contributed by atoms with E-state index in [1.807, 2.05) is 61.5 Å². The molecule has 0 aliphatic heterocycles. The van der Waals surface area contributed by atoms with Gasteiger partial charge in [-0.05, 0) is 12.5 Å². The summed E-state index contributed by atoms with van der Waals surface area (Å²) in [6, 6.07) is 17.9. The number of nitrogens with zero attached hydrogens (tertiary/aromatic N) is 5. The van der Waals surface area contributed by atoms with Crippen molar-refractivity contribution in [2.75, 3.05) is 5.43 Å². The number of hydrazone groups is 1. The van der Waals surface area contributed by atoms with Crippen molar-refractivity contribution in [1.29, 1.82) is 0 Å². The third-order valence-electron chi connectivity index (χ3n) is 4.22. The number of aryl methyl sites for hydroxylation is 1. The van der Waals surface area contributed by atoms with Crippen LogP contribution < -0.4 is 5.43 Å². The molecule has 2 aromatic carbocycles. The molecule has 7 heteroatoms. The highest BCUT2D eigenvalue weighted by Gasteiger charge is 2.12.